The predicted octanol–water partition coefficient (Wildman–Crippen LogP) is 3.43. The van der Waals surface area contributed by atoms with E-state index in [0.29, 0.717) is 16.4 Å². The molecule has 3 heterocycles. The van der Waals surface area contributed by atoms with Gasteiger partial charge in [-0.2, -0.15) is 0 Å². The first-order valence-corrected chi connectivity index (χ1v) is 9.72. The third kappa shape index (κ3) is 2.85. The van der Waals surface area contributed by atoms with Gasteiger partial charge in [-0.25, -0.2) is 4.98 Å². The summed E-state index contributed by atoms with van der Waals surface area (Å²) in [7, 11) is 2.13. The van der Waals surface area contributed by atoms with E-state index in [1.807, 2.05) is 42.5 Å². The SMILES string of the molecule is CN1CCN(c2cc3nc(-c4c5cccccc-5[nH]c4=O)[nH]c3cc2Cl)CC1. The molecule has 0 atom stereocenters. The summed E-state index contributed by atoms with van der Waals surface area (Å²) in [6, 6.07) is 13.5. The molecule has 1 aliphatic carbocycles. The molecule has 142 valence electrons. The minimum Gasteiger partial charge on any atom is -0.368 e. The zero-order valence-corrected chi connectivity index (χ0v) is 16.3. The van der Waals surface area contributed by atoms with Crippen LogP contribution in [0.3, 0.4) is 0 Å². The fourth-order valence-electron chi connectivity index (χ4n) is 3.84. The Hall–Kier alpha value is -2.83. The fourth-order valence-corrected chi connectivity index (χ4v) is 4.13. The first-order valence-electron chi connectivity index (χ1n) is 9.34. The number of rotatable bonds is 2. The van der Waals surface area contributed by atoms with E-state index in [1.165, 1.54) is 0 Å². The summed E-state index contributed by atoms with van der Waals surface area (Å²) in [4.78, 5) is 28.1. The predicted molar refractivity (Wildman–Crippen MR) is 113 cm³/mol. The van der Waals surface area contributed by atoms with Gasteiger partial charge in [0.25, 0.3) is 5.56 Å². The molecular weight excluding hydrogens is 374 g/mol. The van der Waals surface area contributed by atoms with Gasteiger partial charge in [0.05, 0.1) is 27.3 Å². The fraction of sp³-hybridized carbons (Fsp3) is 0.238. The van der Waals surface area contributed by atoms with Crippen molar-refractivity contribution in [1.82, 2.24) is 19.9 Å². The second-order valence-corrected chi connectivity index (χ2v) is 7.67. The number of H-pyrrole nitrogens is 2. The van der Waals surface area contributed by atoms with E-state index in [4.69, 9.17) is 16.6 Å². The molecule has 0 radical (unpaired) electrons. The van der Waals surface area contributed by atoms with E-state index >= 15 is 0 Å². The number of benzene rings is 1. The Bertz CT molecular complexity index is 1190. The van der Waals surface area contributed by atoms with Crippen molar-refractivity contribution in [3.8, 4) is 22.6 Å². The molecule has 3 aliphatic rings. The normalized spacial score (nSPS) is 15.6. The molecule has 2 N–H and O–H groups in total. The average molecular weight is 394 g/mol. The number of anilines is 1. The lowest BCUT2D eigenvalue weighted by Crippen LogP contribution is -2.44. The van der Waals surface area contributed by atoms with Gasteiger partial charge in [-0.15, -0.1) is 0 Å². The Morgan fingerprint density at radius 3 is 2.64 bits per heavy atom. The van der Waals surface area contributed by atoms with Crippen LogP contribution in [0.1, 0.15) is 0 Å². The average Bonchev–Trinajstić information content (AvgIpc) is 3.12. The van der Waals surface area contributed by atoms with Crippen LogP contribution in [0.4, 0.5) is 5.69 Å². The molecule has 7 heteroatoms. The second-order valence-electron chi connectivity index (χ2n) is 7.26. The van der Waals surface area contributed by atoms with E-state index < -0.39 is 0 Å². The van der Waals surface area contributed by atoms with Crippen molar-refractivity contribution in [3.05, 3.63) is 57.8 Å². The van der Waals surface area contributed by atoms with E-state index in [-0.39, 0.29) is 5.56 Å². The molecule has 0 amide bonds. The maximum absolute atomic E-state index is 12.6. The van der Waals surface area contributed by atoms with Crippen LogP contribution >= 0.6 is 11.6 Å². The monoisotopic (exact) mass is 393 g/mol. The summed E-state index contributed by atoms with van der Waals surface area (Å²) in [6.07, 6.45) is 0. The lowest BCUT2D eigenvalue weighted by Gasteiger charge is -2.34. The first kappa shape index (κ1) is 17.3. The Balaban J connectivity index is 1.60. The second kappa shape index (κ2) is 6.65. The van der Waals surface area contributed by atoms with E-state index in [9.17, 15) is 4.79 Å². The number of likely N-dealkylation sites (N-methyl/N-ethyl adjacent to an activating group) is 1. The van der Waals surface area contributed by atoms with Crippen molar-refractivity contribution < 1.29 is 0 Å². The van der Waals surface area contributed by atoms with Crippen molar-refractivity contribution in [2.75, 3.05) is 38.1 Å². The first-order chi connectivity index (χ1) is 13.6. The molecule has 0 unspecified atom stereocenters. The summed E-state index contributed by atoms with van der Waals surface area (Å²) >= 11 is 6.58. The van der Waals surface area contributed by atoms with E-state index in [1.54, 1.807) is 0 Å². The number of piperazine rings is 1. The molecular formula is C21H20ClN5O. The Morgan fingerprint density at radius 1 is 1.04 bits per heavy atom. The molecule has 6 nitrogen and oxygen atoms in total. The number of fused-ring (bicyclic) bond motifs is 2. The molecule has 0 bridgehead atoms. The summed E-state index contributed by atoms with van der Waals surface area (Å²) in [6.45, 7) is 3.88. The van der Waals surface area contributed by atoms with Crippen molar-refractivity contribution >= 4 is 28.3 Å². The smallest absolute Gasteiger partial charge is 0.260 e. The van der Waals surface area contributed by atoms with Crippen LogP contribution in [-0.4, -0.2) is 53.1 Å². The van der Waals surface area contributed by atoms with Crippen molar-refractivity contribution in [2.24, 2.45) is 0 Å². The van der Waals surface area contributed by atoms with Crippen molar-refractivity contribution in [2.45, 2.75) is 0 Å². The maximum Gasteiger partial charge on any atom is 0.260 e. The van der Waals surface area contributed by atoms with Crippen LogP contribution < -0.4 is 10.5 Å². The molecule has 28 heavy (non-hydrogen) atoms. The molecule has 0 spiro atoms. The Kier molecular flexibility index (Phi) is 4.10. The van der Waals surface area contributed by atoms with Crippen LogP contribution in [0.25, 0.3) is 33.7 Å². The van der Waals surface area contributed by atoms with Gasteiger partial charge in [-0.05, 0) is 25.2 Å². The summed E-state index contributed by atoms with van der Waals surface area (Å²) in [5.74, 6) is 0.559. The summed E-state index contributed by atoms with van der Waals surface area (Å²) in [5, 5.41) is 0.694. The molecule has 1 aromatic heterocycles. The molecule has 2 aromatic rings. The minimum absolute atomic E-state index is 0.148. The highest BCUT2D eigenvalue weighted by atomic mass is 35.5. The van der Waals surface area contributed by atoms with Crippen molar-refractivity contribution in [3.63, 3.8) is 0 Å². The molecule has 5 rings (SSSR count). The number of nitrogens with one attached hydrogen (secondary N) is 2. The highest BCUT2D eigenvalue weighted by Crippen LogP contribution is 2.34. The van der Waals surface area contributed by atoms with Gasteiger partial charge >= 0.3 is 0 Å². The van der Waals surface area contributed by atoms with Gasteiger partial charge in [-0.1, -0.05) is 35.9 Å². The van der Waals surface area contributed by atoms with Gasteiger partial charge in [0, 0.05) is 37.4 Å². The number of hydrogen-bond donors (Lipinski definition) is 2. The number of halogens is 1. The van der Waals surface area contributed by atoms with Gasteiger partial charge in [-0.3, -0.25) is 4.79 Å². The minimum atomic E-state index is -0.148. The lowest BCUT2D eigenvalue weighted by molar-refractivity contribution is 0.313. The summed E-state index contributed by atoms with van der Waals surface area (Å²) < 4.78 is 0. The number of nitrogens with zero attached hydrogens (tertiary/aromatic N) is 3. The highest BCUT2D eigenvalue weighted by Gasteiger charge is 2.21. The van der Waals surface area contributed by atoms with Crippen LogP contribution in [0.5, 0.6) is 0 Å². The number of aromatic nitrogens is 3. The Labute approximate surface area is 167 Å². The van der Waals surface area contributed by atoms with Gasteiger partial charge in [0.1, 0.15) is 5.82 Å². The molecule has 1 saturated heterocycles. The van der Waals surface area contributed by atoms with Gasteiger partial charge < -0.3 is 19.8 Å². The topological polar surface area (TPSA) is 68.0 Å². The zero-order valence-electron chi connectivity index (χ0n) is 15.5. The molecule has 1 fully saturated rings. The molecule has 0 saturated carbocycles. The molecule has 1 aromatic carbocycles. The van der Waals surface area contributed by atoms with Crippen LogP contribution in [0, 0.1) is 0 Å². The van der Waals surface area contributed by atoms with Crippen LogP contribution in [-0.2, 0) is 0 Å². The molecule has 2 aliphatic heterocycles. The van der Waals surface area contributed by atoms with Gasteiger partial charge in [0.2, 0.25) is 0 Å². The van der Waals surface area contributed by atoms with E-state index in [2.05, 4.69) is 26.8 Å². The quantitative estimate of drug-likeness (QED) is 0.547. The van der Waals surface area contributed by atoms with E-state index in [0.717, 1.165) is 54.2 Å². The highest BCUT2D eigenvalue weighted by molar-refractivity contribution is 6.34. The third-order valence-electron chi connectivity index (χ3n) is 5.41. The summed E-state index contributed by atoms with van der Waals surface area (Å²) in [5.41, 5.74) is 4.67. The lowest BCUT2D eigenvalue weighted by atomic mass is 10.1. The zero-order chi connectivity index (χ0) is 19.3. The maximum atomic E-state index is 12.6. The number of aromatic amines is 2. The third-order valence-corrected chi connectivity index (χ3v) is 5.72. The number of hydrogen-bond acceptors (Lipinski definition) is 4. The number of imidazole rings is 1. The van der Waals surface area contributed by atoms with Gasteiger partial charge in [0.15, 0.2) is 0 Å². The largest absolute Gasteiger partial charge is 0.368 e. The van der Waals surface area contributed by atoms with Crippen LogP contribution in [0.2, 0.25) is 5.02 Å². The standard InChI is InChI=1S/C21H20ClN5O/c1-26-7-9-27(10-8-26)18-12-17-16(11-14(18)22)23-20(24-17)19-13-5-3-2-4-6-15(13)25-21(19)28/h2-6,11-12H,7-10H2,1H3,(H,23,24)(H,25,28). The van der Waals surface area contributed by atoms with Crippen LogP contribution in [0.15, 0.2) is 47.3 Å². The Morgan fingerprint density at radius 2 is 1.82 bits per heavy atom. The van der Waals surface area contributed by atoms with Crippen molar-refractivity contribution in [1.29, 1.82) is 0 Å².